The summed E-state index contributed by atoms with van der Waals surface area (Å²) < 4.78 is 64.2. The monoisotopic (exact) mass is 1100 g/mol. The molecular weight excluding hydrogens is 1040 g/mol. The summed E-state index contributed by atoms with van der Waals surface area (Å²) in [6.45, 7) is 8.39. The SMILES string of the molecule is O=C1CCC(N2Cc3cc(N4CCN(CC5CCN(C(=O)COCCOCCOCCOc6ccc(CCc7c(-c8ccc(C(F)(F)F)cc8)nn(-c8nc9cc(Cl)ccc9[nH]8)c7O)cc6)CC5)CC4)ccc3C2=O)C(=O)N1. The third-order valence-electron chi connectivity index (χ3n) is 14.9. The van der Waals surface area contributed by atoms with Crippen LogP contribution in [0.3, 0.4) is 0 Å². The van der Waals surface area contributed by atoms with E-state index in [-0.39, 0.29) is 42.6 Å². The van der Waals surface area contributed by atoms with Gasteiger partial charge in [-0.05, 0) is 110 Å². The van der Waals surface area contributed by atoms with E-state index in [0.717, 1.165) is 74.5 Å². The standard InChI is InChI=1S/C56H61ClF3N9O9/c57-41-8-14-46-47(32-41)62-55(61-46)69-54(74)45(51(64-69)38-4-6-40(7-5-38)56(58,59)60)12-3-36-1-10-43(11-2-36)78-30-29-76-26-25-75-27-28-77-35-50(71)67-19-17-37(18-20-67)33-65-21-23-66(24-22-65)42-9-13-44-39(31-42)34-68(53(44)73)48-15-16-49(70)63-52(48)72/h1-2,4-11,13-14,31-32,37,48,74H,3,12,15-30,33-35H2,(H,61,62)(H,63,70,72). The Labute approximate surface area is 453 Å². The zero-order valence-corrected chi connectivity index (χ0v) is 43.7. The second kappa shape index (κ2) is 24.3. The maximum Gasteiger partial charge on any atom is 0.416 e. The number of carbonyl (C=O) groups is 4. The van der Waals surface area contributed by atoms with Crippen molar-refractivity contribution in [2.45, 2.75) is 57.3 Å². The van der Waals surface area contributed by atoms with Gasteiger partial charge in [-0.25, -0.2) is 4.98 Å². The first-order chi connectivity index (χ1) is 37.7. The second-order valence-electron chi connectivity index (χ2n) is 20.0. The number of hydrogen-bond acceptors (Lipinski definition) is 13. The number of anilines is 1. The molecule has 3 N–H and O–H groups in total. The lowest BCUT2D eigenvalue weighted by Gasteiger charge is -2.39. The zero-order valence-electron chi connectivity index (χ0n) is 42.9. The number of amides is 4. The highest BCUT2D eigenvalue weighted by Crippen LogP contribution is 2.37. The van der Waals surface area contributed by atoms with Crippen LogP contribution in [0.15, 0.2) is 84.9 Å². The predicted molar refractivity (Wildman–Crippen MR) is 283 cm³/mol. The minimum atomic E-state index is -4.50. The van der Waals surface area contributed by atoms with E-state index in [2.05, 4.69) is 36.2 Å². The summed E-state index contributed by atoms with van der Waals surface area (Å²) in [6, 6.07) is 22.6. The number of hydrogen-bond donors (Lipinski definition) is 3. The second-order valence-corrected chi connectivity index (χ2v) is 20.4. The molecule has 4 aliphatic heterocycles. The van der Waals surface area contributed by atoms with Crippen LogP contribution >= 0.6 is 11.6 Å². The summed E-state index contributed by atoms with van der Waals surface area (Å²) in [5.74, 6) is 0.315. The van der Waals surface area contributed by atoms with Crippen LogP contribution in [-0.4, -0.2) is 161 Å². The van der Waals surface area contributed by atoms with E-state index < -0.39 is 23.7 Å². The van der Waals surface area contributed by atoms with E-state index >= 15 is 0 Å². The number of alkyl halides is 3. The Bertz CT molecular complexity index is 3100. The number of piperazine rings is 1. The molecule has 4 aromatic carbocycles. The molecule has 0 saturated carbocycles. The smallest absolute Gasteiger partial charge is 0.416 e. The molecule has 6 heterocycles. The Morgan fingerprint density at radius 3 is 2.23 bits per heavy atom. The maximum absolute atomic E-state index is 13.4. The molecule has 3 fully saturated rings. The summed E-state index contributed by atoms with van der Waals surface area (Å²) in [5, 5.41) is 18.9. The largest absolute Gasteiger partial charge is 0.493 e. The van der Waals surface area contributed by atoms with Crippen molar-refractivity contribution in [1.82, 2.24) is 39.8 Å². The van der Waals surface area contributed by atoms with Crippen molar-refractivity contribution in [2.24, 2.45) is 5.92 Å². The average Bonchev–Trinajstić information content (AvgIpc) is 4.14. The van der Waals surface area contributed by atoms with Crippen LogP contribution in [0.4, 0.5) is 18.9 Å². The first-order valence-electron chi connectivity index (χ1n) is 26.4. The van der Waals surface area contributed by atoms with Crippen molar-refractivity contribution in [3.05, 3.63) is 118 Å². The molecule has 3 saturated heterocycles. The number of piperidine rings is 2. The highest BCUT2D eigenvalue weighted by atomic mass is 35.5. The number of imidazole rings is 1. The highest BCUT2D eigenvalue weighted by Gasteiger charge is 2.39. The van der Waals surface area contributed by atoms with Gasteiger partial charge in [0, 0.05) is 86.2 Å². The Kier molecular flexibility index (Phi) is 16.9. The van der Waals surface area contributed by atoms with Gasteiger partial charge in [0.15, 0.2) is 0 Å². The first-order valence-corrected chi connectivity index (χ1v) is 26.7. The molecule has 2 aromatic heterocycles. The summed E-state index contributed by atoms with van der Waals surface area (Å²) in [6.07, 6.45) is -1.23. The number of aryl methyl sites for hydroxylation is 1. The van der Waals surface area contributed by atoms with E-state index in [1.165, 1.54) is 16.8 Å². The molecule has 6 aromatic rings. The number of ether oxygens (including phenoxy) is 4. The number of benzene rings is 4. The molecule has 0 spiro atoms. The number of nitrogens with one attached hydrogen (secondary N) is 2. The van der Waals surface area contributed by atoms with Crippen molar-refractivity contribution < 1.29 is 56.4 Å². The van der Waals surface area contributed by atoms with E-state index in [0.29, 0.717) is 129 Å². The van der Waals surface area contributed by atoms with Crippen LogP contribution in [0.2, 0.25) is 5.02 Å². The molecule has 0 radical (unpaired) electrons. The Hall–Kier alpha value is -7.04. The van der Waals surface area contributed by atoms with Gasteiger partial charge in [-0.15, -0.1) is 0 Å². The lowest BCUT2D eigenvalue weighted by molar-refractivity contribution is -0.138. The van der Waals surface area contributed by atoms with Crippen LogP contribution in [0.1, 0.15) is 58.3 Å². The van der Waals surface area contributed by atoms with Gasteiger partial charge in [0.2, 0.25) is 29.5 Å². The van der Waals surface area contributed by atoms with Gasteiger partial charge in [0.05, 0.1) is 49.6 Å². The summed E-state index contributed by atoms with van der Waals surface area (Å²) >= 11 is 6.15. The molecule has 10 rings (SSSR count). The topological polar surface area (TPSA) is 197 Å². The van der Waals surface area contributed by atoms with Gasteiger partial charge in [-0.2, -0.15) is 23.0 Å². The molecule has 0 bridgehead atoms. The molecule has 78 heavy (non-hydrogen) atoms. The Morgan fingerprint density at radius 2 is 1.51 bits per heavy atom. The van der Waals surface area contributed by atoms with Gasteiger partial charge in [0.25, 0.3) is 5.91 Å². The number of carbonyl (C=O) groups excluding carboxylic acids is 4. The van der Waals surface area contributed by atoms with Crippen LogP contribution in [0.25, 0.3) is 28.2 Å². The number of rotatable bonds is 21. The lowest BCUT2D eigenvalue weighted by atomic mass is 9.96. The fourth-order valence-corrected chi connectivity index (χ4v) is 10.7. The lowest BCUT2D eigenvalue weighted by Crippen LogP contribution is -2.52. The van der Waals surface area contributed by atoms with Crippen molar-refractivity contribution in [1.29, 1.82) is 0 Å². The predicted octanol–water partition coefficient (Wildman–Crippen LogP) is 6.83. The molecule has 1 unspecified atom stereocenters. The third-order valence-corrected chi connectivity index (χ3v) is 15.1. The van der Waals surface area contributed by atoms with Crippen LogP contribution in [-0.2, 0) is 54.2 Å². The Morgan fingerprint density at radius 1 is 0.795 bits per heavy atom. The van der Waals surface area contributed by atoms with Crippen molar-refractivity contribution in [3.8, 4) is 28.8 Å². The van der Waals surface area contributed by atoms with E-state index in [1.54, 1.807) is 23.1 Å². The fraction of sp³-hybridized carbons (Fsp3) is 0.429. The first kappa shape index (κ1) is 54.3. The number of nitrogens with zero attached hydrogens (tertiary/aromatic N) is 7. The normalized spacial score (nSPS) is 17.6. The molecule has 18 nitrogen and oxygen atoms in total. The number of H-pyrrole nitrogens is 1. The summed E-state index contributed by atoms with van der Waals surface area (Å²) in [5.41, 5.74) is 5.15. The van der Waals surface area contributed by atoms with Gasteiger partial charge in [0.1, 0.15) is 30.7 Å². The summed E-state index contributed by atoms with van der Waals surface area (Å²) in [7, 11) is 0. The third kappa shape index (κ3) is 12.9. The number of likely N-dealkylation sites (tertiary alicyclic amines) is 1. The van der Waals surface area contributed by atoms with Gasteiger partial charge in [-0.3, -0.25) is 29.4 Å². The van der Waals surface area contributed by atoms with Crippen molar-refractivity contribution >= 4 is 52.0 Å². The molecule has 1 atom stereocenters. The molecule has 0 aliphatic carbocycles. The van der Waals surface area contributed by atoms with E-state index in [1.807, 2.05) is 41.3 Å². The number of aromatic nitrogens is 4. The van der Waals surface area contributed by atoms with Crippen LogP contribution < -0.4 is 15.0 Å². The maximum atomic E-state index is 13.4. The fourth-order valence-electron chi connectivity index (χ4n) is 10.5. The molecular formula is C56H61ClF3N9O9. The minimum Gasteiger partial charge on any atom is -0.493 e. The number of aromatic amines is 1. The minimum absolute atomic E-state index is 0.0132. The van der Waals surface area contributed by atoms with Crippen LogP contribution in [0, 0.1) is 5.92 Å². The molecule has 4 aliphatic rings. The average molecular weight is 1100 g/mol. The molecule has 412 valence electrons. The van der Waals surface area contributed by atoms with Gasteiger partial charge < -0.3 is 43.7 Å². The molecule has 22 heteroatoms. The zero-order chi connectivity index (χ0) is 54.3. The number of fused-ring (bicyclic) bond motifs is 2. The quantitative estimate of drug-likeness (QED) is 0.0502. The summed E-state index contributed by atoms with van der Waals surface area (Å²) in [4.78, 5) is 66.1. The Balaban J connectivity index is 0.572. The molecule has 4 amide bonds. The van der Waals surface area contributed by atoms with E-state index in [9.17, 15) is 37.5 Å². The number of halogens is 4. The van der Waals surface area contributed by atoms with Crippen molar-refractivity contribution in [2.75, 3.05) is 97.0 Å². The number of imide groups is 1. The van der Waals surface area contributed by atoms with Gasteiger partial charge in [-0.1, -0.05) is 35.9 Å². The van der Waals surface area contributed by atoms with Crippen LogP contribution in [0.5, 0.6) is 11.6 Å². The van der Waals surface area contributed by atoms with Crippen molar-refractivity contribution in [3.63, 3.8) is 0 Å². The van der Waals surface area contributed by atoms with Gasteiger partial charge >= 0.3 is 6.18 Å². The van der Waals surface area contributed by atoms with E-state index in [4.69, 9.17) is 30.5 Å². The number of aromatic hydroxyl groups is 1. The highest BCUT2D eigenvalue weighted by molar-refractivity contribution is 6.31.